The second kappa shape index (κ2) is 10.0. The number of fused-ring (bicyclic) bond motifs is 1. The number of benzene rings is 1. The fourth-order valence-electron chi connectivity index (χ4n) is 3.67. The second-order valence-corrected chi connectivity index (χ2v) is 7.18. The van der Waals surface area contributed by atoms with Crippen LogP contribution in [0.25, 0.3) is 21.9 Å². The van der Waals surface area contributed by atoms with Gasteiger partial charge in [0.2, 0.25) is 0 Å². The molecule has 4 amide bonds. The van der Waals surface area contributed by atoms with E-state index in [0.29, 0.717) is 22.9 Å². The molecule has 9 heteroatoms. The van der Waals surface area contributed by atoms with Crippen molar-refractivity contribution in [3.8, 4) is 6.07 Å². The number of rotatable bonds is 8. The SMILES string of the molecule is CCN(CC)CCCNC/C(C#N)=c1\[nH]c(=C2C(=O)NC(=O)NC2=O)c2ccccc12. The van der Waals surface area contributed by atoms with Gasteiger partial charge in [0.25, 0.3) is 11.8 Å². The minimum atomic E-state index is -0.854. The Bertz CT molecular complexity index is 1150. The standard InChI is InChI=1S/C22H26N6O3/c1-3-28(4-2)11-7-10-24-13-14(12-23)18-15-8-5-6-9-16(15)19(25-18)17-20(29)26-22(31)27-21(17)30/h5-6,8-9,24-25H,3-4,7,10-11,13H2,1-2H3,(H2,26,27,29,30,31)/b18-14-. The van der Waals surface area contributed by atoms with Crippen LogP contribution in [0.3, 0.4) is 0 Å². The maximum Gasteiger partial charge on any atom is 0.328 e. The van der Waals surface area contributed by atoms with Crippen LogP contribution in [0.4, 0.5) is 4.79 Å². The average molecular weight is 422 g/mol. The van der Waals surface area contributed by atoms with Crippen molar-refractivity contribution in [1.29, 1.82) is 5.26 Å². The molecule has 1 saturated heterocycles. The molecular weight excluding hydrogens is 396 g/mol. The van der Waals surface area contributed by atoms with Gasteiger partial charge in [0.05, 0.1) is 22.3 Å². The lowest BCUT2D eigenvalue weighted by molar-refractivity contribution is -0.121. The number of carbonyl (C=O) groups excluding carboxylic acids is 3. The highest BCUT2D eigenvalue weighted by atomic mass is 16.2. The Labute approximate surface area is 179 Å². The molecule has 0 atom stereocenters. The van der Waals surface area contributed by atoms with Crippen LogP contribution in [0.2, 0.25) is 0 Å². The number of nitrogens with one attached hydrogen (secondary N) is 4. The molecular formula is C22H26N6O3. The van der Waals surface area contributed by atoms with Crippen LogP contribution in [-0.2, 0) is 9.59 Å². The predicted octanol–water partition coefficient (Wildman–Crippen LogP) is -0.320. The van der Waals surface area contributed by atoms with Crippen LogP contribution in [0.5, 0.6) is 0 Å². The van der Waals surface area contributed by atoms with Crippen molar-refractivity contribution in [3.63, 3.8) is 0 Å². The molecule has 1 aliphatic heterocycles. The van der Waals surface area contributed by atoms with E-state index >= 15 is 0 Å². The Balaban J connectivity index is 1.97. The molecule has 1 aliphatic rings. The molecule has 31 heavy (non-hydrogen) atoms. The number of nitriles is 1. The van der Waals surface area contributed by atoms with Crippen molar-refractivity contribution < 1.29 is 14.4 Å². The molecule has 1 fully saturated rings. The summed E-state index contributed by atoms with van der Waals surface area (Å²) in [6.07, 6.45) is 0.962. The molecule has 0 spiro atoms. The molecule has 0 radical (unpaired) electrons. The number of amides is 4. The second-order valence-electron chi connectivity index (χ2n) is 7.18. The van der Waals surface area contributed by atoms with Gasteiger partial charge in [-0.1, -0.05) is 38.1 Å². The van der Waals surface area contributed by atoms with Crippen molar-refractivity contribution in [2.75, 3.05) is 32.7 Å². The van der Waals surface area contributed by atoms with E-state index in [9.17, 15) is 19.6 Å². The number of imide groups is 2. The molecule has 0 aliphatic carbocycles. The number of H-pyrrole nitrogens is 1. The summed E-state index contributed by atoms with van der Waals surface area (Å²) in [6.45, 7) is 8.38. The first-order valence-electron chi connectivity index (χ1n) is 10.3. The number of aromatic amines is 1. The molecule has 9 nitrogen and oxygen atoms in total. The first-order valence-corrected chi connectivity index (χ1v) is 10.3. The average Bonchev–Trinajstić information content (AvgIpc) is 3.12. The molecule has 3 rings (SSSR count). The zero-order chi connectivity index (χ0) is 22.4. The van der Waals surface area contributed by atoms with Gasteiger partial charge in [-0.3, -0.25) is 20.2 Å². The largest absolute Gasteiger partial charge is 0.353 e. The van der Waals surface area contributed by atoms with Crippen LogP contribution < -0.4 is 26.6 Å². The molecule has 162 valence electrons. The Morgan fingerprint density at radius 1 is 1.06 bits per heavy atom. The summed E-state index contributed by atoms with van der Waals surface area (Å²) >= 11 is 0. The first-order chi connectivity index (χ1) is 15.0. The summed E-state index contributed by atoms with van der Waals surface area (Å²) in [5, 5.41) is 19.4. The highest BCUT2D eigenvalue weighted by Gasteiger charge is 2.29. The van der Waals surface area contributed by atoms with Crippen molar-refractivity contribution in [2.45, 2.75) is 20.3 Å². The van der Waals surface area contributed by atoms with Crippen molar-refractivity contribution in [1.82, 2.24) is 25.8 Å². The van der Waals surface area contributed by atoms with E-state index in [1.54, 1.807) is 12.1 Å². The fraction of sp³-hybridized carbons (Fsp3) is 0.364. The third-order valence-corrected chi connectivity index (χ3v) is 5.33. The molecule has 4 N–H and O–H groups in total. The molecule has 2 heterocycles. The van der Waals surface area contributed by atoms with E-state index < -0.39 is 17.8 Å². The monoisotopic (exact) mass is 422 g/mol. The summed E-state index contributed by atoms with van der Waals surface area (Å²) in [7, 11) is 0. The molecule has 0 unspecified atom stereocenters. The van der Waals surface area contributed by atoms with E-state index in [1.165, 1.54) is 0 Å². The van der Waals surface area contributed by atoms with Crippen molar-refractivity contribution in [2.24, 2.45) is 0 Å². The molecule has 0 bridgehead atoms. The lowest BCUT2D eigenvalue weighted by Gasteiger charge is -2.17. The summed E-state index contributed by atoms with van der Waals surface area (Å²) < 4.78 is 0. The Morgan fingerprint density at radius 2 is 1.71 bits per heavy atom. The Morgan fingerprint density at radius 3 is 2.32 bits per heavy atom. The quantitative estimate of drug-likeness (QED) is 0.432. The number of hydrogen-bond acceptors (Lipinski definition) is 6. The lowest BCUT2D eigenvalue weighted by Crippen LogP contribution is -2.52. The Kier molecular flexibility index (Phi) is 7.18. The number of hydrogen-bond donors (Lipinski definition) is 4. The lowest BCUT2D eigenvalue weighted by atomic mass is 10.1. The van der Waals surface area contributed by atoms with E-state index in [4.69, 9.17) is 0 Å². The minimum absolute atomic E-state index is 0.188. The van der Waals surface area contributed by atoms with Crippen LogP contribution in [-0.4, -0.2) is 60.5 Å². The van der Waals surface area contributed by atoms with Gasteiger partial charge in [0, 0.05) is 17.3 Å². The zero-order valence-corrected chi connectivity index (χ0v) is 17.7. The third-order valence-electron chi connectivity index (χ3n) is 5.33. The summed E-state index contributed by atoms with van der Waals surface area (Å²) in [5.41, 5.74) is 0.283. The molecule has 1 aromatic carbocycles. The topological polar surface area (TPSA) is 130 Å². The zero-order valence-electron chi connectivity index (χ0n) is 17.7. The normalized spacial score (nSPS) is 15.2. The van der Waals surface area contributed by atoms with E-state index in [0.717, 1.165) is 38.0 Å². The van der Waals surface area contributed by atoms with Gasteiger partial charge in [-0.2, -0.15) is 5.26 Å². The van der Waals surface area contributed by atoms with Crippen LogP contribution in [0, 0.1) is 11.3 Å². The maximum absolute atomic E-state index is 12.3. The summed E-state index contributed by atoms with van der Waals surface area (Å²) in [4.78, 5) is 41.4. The van der Waals surface area contributed by atoms with Gasteiger partial charge >= 0.3 is 6.03 Å². The minimum Gasteiger partial charge on any atom is -0.353 e. The molecule has 1 aromatic heterocycles. The fourth-order valence-corrected chi connectivity index (χ4v) is 3.67. The van der Waals surface area contributed by atoms with Gasteiger partial charge in [-0.25, -0.2) is 4.79 Å². The van der Waals surface area contributed by atoms with Crippen LogP contribution in [0.1, 0.15) is 20.3 Å². The van der Waals surface area contributed by atoms with E-state index in [1.807, 2.05) is 12.1 Å². The van der Waals surface area contributed by atoms with E-state index in [2.05, 4.69) is 45.8 Å². The molecule has 2 aromatic rings. The Hall–Kier alpha value is -3.48. The van der Waals surface area contributed by atoms with Crippen LogP contribution >= 0.6 is 0 Å². The predicted molar refractivity (Wildman–Crippen MR) is 117 cm³/mol. The highest BCUT2D eigenvalue weighted by Crippen LogP contribution is 2.08. The number of urea groups is 1. The smallest absolute Gasteiger partial charge is 0.328 e. The van der Waals surface area contributed by atoms with Gasteiger partial charge in [0.1, 0.15) is 5.57 Å². The first kappa shape index (κ1) is 22.2. The van der Waals surface area contributed by atoms with Crippen molar-refractivity contribution >= 4 is 39.8 Å². The number of aromatic nitrogens is 1. The van der Waals surface area contributed by atoms with Gasteiger partial charge in [0.15, 0.2) is 0 Å². The number of nitrogens with zero attached hydrogens (tertiary/aromatic N) is 2. The van der Waals surface area contributed by atoms with E-state index in [-0.39, 0.29) is 10.9 Å². The third kappa shape index (κ3) is 4.82. The summed E-state index contributed by atoms with van der Waals surface area (Å²) in [5.74, 6) is -1.55. The van der Waals surface area contributed by atoms with Crippen molar-refractivity contribution in [3.05, 3.63) is 35.0 Å². The number of barbiturate groups is 1. The highest BCUT2D eigenvalue weighted by molar-refractivity contribution is 6.46. The summed E-state index contributed by atoms with van der Waals surface area (Å²) in [6, 6.07) is 8.57. The van der Waals surface area contributed by atoms with Crippen LogP contribution in [0.15, 0.2) is 24.3 Å². The number of carbonyl (C=O) groups is 3. The van der Waals surface area contributed by atoms with Gasteiger partial charge in [-0.05, 0) is 32.6 Å². The molecule has 0 saturated carbocycles. The maximum atomic E-state index is 12.3. The van der Waals surface area contributed by atoms with Gasteiger partial charge < -0.3 is 15.2 Å². The van der Waals surface area contributed by atoms with Gasteiger partial charge in [-0.15, -0.1) is 0 Å².